The average molecular weight is 410 g/mol. The number of hydrogen-bond acceptors (Lipinski definition) is 4. The Hall–Kier alpha value is -2.76. The van der Waals surface area contributed by atoms with E-state index in [4.69, 9.17) is 9.26 Å². The molecule has 6 nitrogen and oxygen atoms in total. The molecule has 0 spiro atoms. The number of anilines is 1. The Balaban J connectivity index is 1.33. The summed E-state index contributed by atoms with van der Waals surface area (Å²) in [6, 6.07) is 8.18. The van der Waals surface area contributed by atoms with Gasteiger partial charge in [-0.25, -0.2) is 4.79 Å². The van der Waals surface area contributed by atoms with Crippen molar-refractivity contribution >= 4 is 17.9 Å². The highest BCUT2D eigenvalue weighted by Crippen LogP contribution is 2.32. The number of aromatic nitrogens is 1. The van der Waals surface area contributed by atoms with E-state index in [0.29, 0.717) is 24.8 Å². The SMILES string of the molecule is Cc1onc(NC(=O)N2CCC(=Cc3cccc(OCCC4CC4)c3)C(C)C2)c1C. The van der Waals surface area contributed by atoms with Crippen molar-refractivity contribution in [2.24, 2.45) is 11.8 Å². The van der Waals surface area contributed by atoms with Crippen LogP contribution in [0.1, 0.15) is 49.5 Å². The molecule has 2 fully saturated rings. The molecule has 0 bridgehead atoms. The molecule has 0 radical (unpaired) electrons. The van der Waals surface area contributed by atoms with E-state index in [9.17, 15) is 4.79 Å². The molecule has 4 rings (SSSR count). The van der Waals surface area contributed by atoms with Gasteiger partial charge in [0.1, 0.15) is 11.5 Å². The molecule has 160 valence electrons. The fourth-order valence-electron chi connectivity index (χ4n) is 3.82. The van der Waals surface area contributed by atoms with Gasteiger partial charge < -0.3 is 14.2 Å². The number of hydrogen-bond donors (Lipinski definition) is 1. The van der Waals surface area contributed by atoms with Gasteiger partial charge in [0.2, 0.25) is 0 Å². The Bertz CT molecular complexity index is 930. The fourth-order valence-corrected chi connectivity index (χ4v) is 3.82. The van der Waals surface area contributed by atoms with Crippen molar-refractivity contribution in [1.82, 2.24) is 10.1 Å². The molecule has 2 heterocycles. The second-order valence-corrected chi connectivity index (χ2v) is 8.61. The van der Waals surface area contributed by atoms with Crippen LogP contribution in [-0.4, -0.2) is 35.8 Å². The monoisotopic (exact) mass is 409 g/mol. The van der Waals surface area contributed by atoms with E-state index in [-0.39, 0.29) is 6.03 Å². The molecule has 1 saturated carbocycles. The lowest BCUT2D eigenvalue weighted by molar-refractivity contribution is 0.197. The van der Waals surface area contributed by atoms with E-state index in [0.717, 1.165) is 48.0 Å². The van der Waals surface area contributed by atoms with Crippen LogP contribution in [0.5, 0.6) is 5.75 Å². The normalized spacial score (nSPS) is 20.4. The number of ether oxygens (including phenoxy) is 1. The largest absolute Gasteiger partial charge is 0.494 e. The molecule has 1 aromatic heterocycles. The molecule has 1 N–H and O–H groups in total. The average Bonchev–Trinajstić information content (AvgIpc) is 3.51. The molecule has 2 aromatic rings. The number of likely N-dealkylation sites (tertiary alicyclic amines) is 1. The molecular formula is C24H31N3O3. The van der Waals surface area contributed by atoms with Crippen molar-refractivity contribution in [3.63, 3.8) is 0 Å². The zero-order valence-corrected chi connectivity index (χ0v) is 18.1. The molecule has 1 aromatic carbocycles. The first-order valence-corrected chi connectivity index (χ1v) is 10.9. The Morgan fingerprint density at radius 3 is 2.90 bits per heavy atom. The van der Waals surface area contributed by atoms with Crippen molar-refractivity contribution in [3.8, 4) is 5.75 Å². The summed E-state index contributed by atoms with van der Waals surface area (Å²) in [4.78, 5) is 14.5. The van der Waals surface area contributed by atoms with Crippen LogP contribution in [0.4, 0.5) is 10.6 Å². The van der Waals surface area contributed by atoms with E-state index in [2.05, 4.69) is 35.6 Å². The number of benzene rings is 1. The maximum Gasteiger partial charge on any atom is 0.323 e. The van der Waals surface area contributed by atoms with E-state index in [1.165, 1.54) is 18.4 Å². The highest BCUT2D eigenvalue weighted by Gasteiger charge is 2.25. The molecule has 1 aliphatic heterocycles. The minimum atomic E-state index is -0.122. The number of rotatable bonds is 6. The Kier molecular flexibility index (Phi) is 6.11. The van der Waals surface area contributed by atoms with E-state index >= 15 is 0 Å². The summed E-state index contributed by atoms with van der Waals surface area (Å²) in [6.07, 6.45) is 6.99. The quantitative estimate of drug-likeness (QED) is 0.691. The number of carbonyl (C=O) groups is 1. The summed E-state index contributed by atoms with van der Waals surface area (Å²) in [6.45, 7) is 8.08. The van der Waals surface area contributed by atoms with Gasteiger partial charge in [-0.3, -0.25) is 5.32 Å². The second kappa shape index (κ2) is 8.94. The summed E-state index contributed by atoms with van der Waals surface area (Å²) >= 11 is 0. The third-order valence-corrected chi connectivity index (χ3v) is 6.17. The third-order valence-electron chi connectivity index (χ3n) is 6.17. The smallest absolute Gasteiger partial charge is 0.323 e. The van der Waals surface area contributed by atoms with Gasteiger partial charge in [0, 0.05) is 18.7 Å². The topological polar surface area (TPSA) is 67.6 Å². The van der Waals surface area contributed by atoms with Gasteiger partial charge in [-0.1, -0.05) is 48.7 Å². The first-order valence-electron chi connectivity index (χ1n) is 10.9. The van der Waals surface area contributed by atoms with Gasteiger partial charge in [0.15, 0.2) is 5.82 Å². The number of piperidine rings is 1. The number of amides is 2. The minimum absolute atomic E-state index is 0.122. The van der Waals surface area contributed by atoms with Crippen LogP contribution in [0.25, 0.3) is 6.08 Å². The highest BCUT2D eigenvalue weighted by atomic mass is 16.5. The van der Waals surface area contributed by atoms with Crippen LogP contribution in [-0.2, 0) is 0 Å². The first kappa shape index (κ1) is 20.5. The van der Waals surface area contributed by atoms with Gasteiger partial charge in [-0.15, -0.1) is 0 Å². The lowest BCUT2D eigenvalue weighted by Gasteiger charge is -2.33. The zero-order chi connectivity index (χ0) is 21.1. The minimum Gasteiger partial charge on any atom is -0.494 e. The van der Waals surface area contributed by atoms with Crippen molar-refractivity contribution in [3.05, 3.63) is 46.7 Å². The maximum atomic E-state index is 12.6. The summed E-state index contributed by atoms with van der Waals surface area (Å²) in [5.41, 5.74) is 3.39. The van der Waals surface area contributed by atoms with Crippen molar-refractivity contribution < 1.29 is 14.1 Å². The third kappa shape index (κ3) is 5.04. The first-order chi connectivity index (χ1) is 14.5. The molecule has 1 saturated heterocycles. The molecular weight excluding hydrogens is 378 g/mol. The lowest BCUT2D eigenvalue weighted by atomic mass is 9.91. The Morgan fingerprint density at radius 2 is 2.20 bits per heavy atom. The molecule has 30 heavy (non-hydrogen) atoms. The van der Waals surface area contributed by atoms with Gasteiger partial charge in [0.05, 0.1) is 6.61 Å². The van der Waals surface area contributed by atoms with E-state index < -0.39 is 0 Å². The summed E-state index contributed by atoms with van der Waals surface area (Å²) in [7, 11) is 0. The van der Waals surface area contributed by atoms with Crippen LogP contribution >= 0.6 is 0 Å². The van der Waals surface area contributed by atoms with Gasteiger partial charge in [0.25, 0.3) is 0 Å². The lowest BCUT2D eigenvalue weighted by Crippen LogP contribution is -2.42. The van der Waals surface area contributed by atoms with Gasteiger partial charge in [-0.05, 0) is 56.2 Å². The zero-order valence-electron chi connectivity index (χ0n) is 18.1. The standard InChI is InChI=1S/C24H31N3O3/c1-16-15-27(24(28)25-23-17(2)18(3)30-26-23)11-9-21(16)13-20-5-4-6-22(14-20)29-12-10-19-7-8-19/h4-6,13-14,16,19H,7-12,15H2,1-3H3,(H,25,26,28). The predicted molar refractivity (Wildman–Crippen MR) is 118 cm³/mol. The summed E-state index contributed by atoms with van der Waals surface area (Å²) in [5.74, 6) is 3.35. The Labute approximate surface area is 178 Å². The van der Waals surface area contributed by atoms with Gasteiger partial charge >= 0.3 is 6.03 Å². The van der Waals surface area contributed by atoms with Crippen molar-refractivity contribution in [2.75, 3.05) is 25.0 Å². The van der Waals surface area contributed by atoms with Crippen LogP contribution < -0.4 is 10.1 Å². The highest BCUT2D eigenvalue weighted by molar-refractivity contribution is 5.89. The van der Waals surface area contributed by atoms with Gasteiger partial charge in [-0.2, -0.15) is 0 Å². The summed E-state index contributed by atoms with van der Waals surface area (Å²) < 4.78 is 11.1. The predicted octanol–water partition coefficient (Wildman–Crippen LogP) is 5.43. The van der Waals surface area contributed by atoms with Crippen LogP contribution in [0.2, 0.25) is 0 Å². The molecule has 1 unspecified atom stereocenters. The number of aryl methyl sites for hydroxylation is 1. The number of carbonyl (C=O) groups excluding carboxylic acids is 1. The number of nitrogens with zero attached hydrogens (tertiary/aromatic N) is 2. The number of nitrogens with one attached hydrogen (secondary N) is 1. The molecule has 1 atom stereocenters. The van der Waals surface area contributed by atoms with Crippen molar-refractivity contribution in [1.29, 1.82) is 0 Å². The molecule has 2 aliphatic rings. The summed E-state index contributed by atoms with van der Waals surface area (Å²) in [5, 5.41) is 6.80. The van der Waals surface area contributed by atoms with Crippen LogP contribution in [0.15, 0.2) is 34.4 Å². The molecule has 6 heteroatoms. The molecule has 2 amide bonds. The molecule has 1 aliphatic carbocycles. The van der Waals surface area contributed by atoms with Crippen LogP contribution in [0.3, 0.4) is 0 Å². The van der Waals surface area contributed by atoms with E-state index in [1.54, 1.807) is 0 Å². The van der Waals surface area contributed by atoms with Crippen molar-refractivity contribution in [2.45, 2.75) is 46.5 Å². The number of urea groups is 1. The fraction of sp³-hybridized carbons (Fsp3) is 0.500. The maximum absolute atomic E-state index is 12.6. The second-order valence-electron chi connectivity index (χ2n) is 8.61. The Morgan fingerprint density at radius 1 is 1.37 bits per heavy atom. The van der Waals surface area contributed by atoms with E-state index in [1.807, 2.05) is 30.9 Å². The van der Waals surface area contributed by atoms with Crippen LogP contribution in [0, 0.1) is 25.7 Å².